The first kappa shape index (κ1) is 13.8. The zero-order valence-electron chi connectivity index (χ0n) is 10.9. The topological polar surface area (TPSA) is 58.6 Å². The second-order valence-corrected chi connectivity index (χ2v) is 4.85. The monoisotopic (exact) mass is 267 g/mol. The minimum absolute atomic E-state index is 0.184. The second kappa shape index (κ2) is 6.02. The highest BCUT2D eigenvalue weighted by atomic mass is 19.1. The van der Waals surface area contributed by atoms with Gasteiger partial charge in [-0.15, -0.1) is 0 Å². The molecule has 0 spiro atoms. The number of halogens is 1. The van der Waals surface area contributed by atoms with Gasteiger partial charge in [-0.1, -0.05) is 0 Å². The predicted molar refractivity (Wildman–Crippen MR) is 68.8 cm³/mol. The molecule has 1 aromatic carbocycles. The quantitative estimate of drug-likeness (QED) is 0.738. The van der Waals surface area contributed by atoms with E-state index in [2.05, 4.69) is 5.32 Å². The first-order valence-corrected chi connectivity index (χ1v) is 6.37. The van der Waals surface area contributed by atoms with E-state index in [-0.39, 0.29) is 17.7 Å². The number of carboxylic acids is 1. The van der Waals surface area contributed by atoms with E-state index in [1.807, 2.05) is 0 Å². The van der Waals surface area contributed by atoms with Gasteiger partial charge < -0.3 is 15.2 Å². The van der Waals surface area contributed by atoms with Crippen molar-refractivity contribution in [2.45, 2.75) is 12.8 Å². The number of nitrogens with one attached hydrogen (secondary N) is 1. The third-order valence-electron chi connectivity index (χ3n) is 3.46. The van der Waals surface area contributed by atoms with E-state index in [0.29, 0.717) is 25.3 Å². The summed E-state index contributed by atoms with van der Waals surface area (Å²) in [6.45, 7) is 1.39. The van der Waals surface area contributed by atoms with Crippen molar-refractivity contribution in [1.82, 2.24) is 5.32 Å². The molecule has 0 saturated heterocycles. The highest BCUT2D eigenvalue weighted by molar-refractivity contribution is 5.73. The Hall–Kier alpha value is -1.62. The molecule has 5 heteroatoms. The third kappa shape index (κ3) is 3.67. The molecule has 1 fully saturated rings. The average molecular weight is 267 g/mol. The van der Waals surface area contributed by atoms with Gasteiger partial charge in [-0.05, 0) is 55.6 Å². The van der Waals surface area contributed by atoms with Crippen LogP contribution < -0.4 is 10.1 Å². The summed E-state index contributed by atoms with van der Waals surface area (Å²) in [5.41, 5.74) is 0.820. The van der Waals surface area contributed by atoms with Crippen LogP contribution in [0.1, 0.15) is 12.0 Å². The molecule has 19 heavy (non-hydrogen) atoms. The molecule has 1 aliphatic rings. The fourth-order valence-electron chi connectivity index (χ4n) is 2.23. The van der Waals surface area contributed by atoms with E-state index >= 15 is 0 Å². The van der Waals surface area contributed by atoms with Gasteiger partial charge in [-0.3, -0.25) is 4.79 Å². The highest BCUT2D eigenvalue weighted by Gasteiger charge is 2.42. The molecule has 1 saturated carbocycles. The molecule has 2 rings (SSSR count). The van der Waals surface area contributed by atoms with Crippen LogP contribution in [-0.2, 0) is 11.2 Å². The van der Waals surface area contributed by atoms with Crippen LogP contribution in [0.4, 0.5) is 4.39 Å². The normalized spacial score (nSPS) is 21.2. The van der Waals surface area contributed by atoms with Crippen LogP contribution in [0.5, 0.6) is 5.75 Å². The van der Waals surface area contributed by atoms with Gasteiger partial charge in [0.05, 0.1) is 13.0 Å². The van der Waals surface area contributed by atoms with Crippen molar-refractivity contribution in [1.29, 1.82) is 0 Å². The number of aliphatic carboxylic acids is 1. The molecule has 1 aromatic rings. The second-order valence-electron chi connectivity index (χ2n) is 4.85. The molecular weight excluding hydrogens is 249 g/mol. The summed E-state index contributed by atoms with van der Waals surface area (Å²) in [6.07, 6.45) is 1.41. The van der Waals surface area contributed by atoms with Gasteiger partial charge in [0.2, 0.25) is 0 Å². The summed E-state index contributed by atoms with van der Waals surface area (Å²) in [4.78, 5) is 10.7. The Kier molecular flexibility index (Phi) is 4.37. The molecule has 104 valence electrons. The van der Waals surface area contributed by atoms with E-state index in [9.17, 15) is 9.18 Å². The molecule has 0 aliphatic heterocycles. The van der Waals surface area contributed by atoms with Crippen molar-refractivity contribution in [3.63, 3.8) is 0 Å². The molecule has 1 aliphatic carbocycles. The number of hydrogen-bond donors (Lipinski definition) is 2. The van der Waals surface area contributed by atoms with Crippen LogP contribution in [0.2, 0.25) is 0 Å². The zero-order chi connectivity index (χ0) is 13.8. The number of hydrogen-bond acceptors (Lipinski definition) is 3. The lowest BCUT2D eigenvalue weighted by atomic mass is 10.1. The number of benzene rings is 1. The van der Waals surface area contributed by atoms with Gasteiger partial charge in [0.15, 0.2) is 0 Å². The van der Waals surface area contributed by atoms with Gasteiger partial charge in [0.25, 0.3) is 0 Å². The molecule has 2 atom stereocenters. The number of ether oxygens (including phenoxy) is 1. The van der Waals surface area contributed by atoms with Crippen molar-refractivity contribution in [3.8, 4) is 5.75 Å². The largest absolute Gasteiger partial charge is 0.496 e. The lowest BCUT2D eigenvalue weighted by Gasteiger charge is -2.09. The first-order chi connectivity index (χ1) is 9.11. The average Bonchev–Trinajstić information content (AvgIpc) is 3.14. The number of methoxy groups -OCH3 is 1. The maximum atomic E-state index is 13.1. The molecule has 2 N–H and O–H groups in total. The van der Waals surface area contributed by atoms with Crippen molar-refractivity contribution < 1.29 is 19.0 Å². The van der Waals surface area contributed by atoms with Gasteiger partial charge in [0.1, 0.15) is 11.6 Å². The van der Waals surface area contributed by atoms with E-state index in [0.717, 1.165) is 12.0 Å². The summed E-state index contributed by atoms with van der Waals surface area (Å²) >= 11 is 0. The fraction of sp³-hybridized carbons (Fsp3) is 0.500. The van der Waals surface area contributed by atoms with E-state index in [4.69, 9.17) is 9.84 Å². The highest BCUT2D eigenvalue weighted by Crippen LogP contribution is 2.37. The molecule has 2 unspecified atom stereocenters. The lowest BCUT2D eigenvalue weighted by molar-refractivity contribution is -0.138. The maximum absolute atomic E-state index is 13.1. The number of carboxylic acid groups (broad SMARTS) is 1. The summed E-state index contributed by atoms with van der Waals surface area (Å²) in [5.74, 6) is -0.247. The van der Waals surface area contributed by atoms with Crippen molar-refractivity contribution >= 4 is 5.97 Å². The smallest absolute Gasteiger partial charge is 0.306 e. The minimum atomic E-state index is -0.710. The number of carbonyl (C=O) groups is 1. The van der Waals surface area contributed by atoms with Crippen molar-refractivity contribution in [3.05, 3.63) is 29.6 Å². The van der Waals surface area contributed by atoms with Gasteiger partial charge in [0, 0.05) is 0 Å². The van der Waals surface area contributed by atoms with Crippen LogP contribution in [0.3, 0.4) is 0 Å². The van der Waals surface area contributed by atoms with E-state index in [1.54, 1.807) is 13.2 Å². The van der Waals surface area contributed by atoms with Gasteiger partial charge >= 0.3 is 5.97 Å². The summed E-state index contributed by atoms with van der Waals surface area (Å²) in [7, 11) is 1.56. The molecule has 0 heterocycles. The van der Waals surface area contributed by atoms with Crippen LogP contribution in [0, 0.1) is 17.7 Å². The standard InChI is InChI=1S/C14H18FNO3/c1-19-13-3-2-11(15)6-9(13)4-5-16-8-10-7-12(10)14(17)18/h2-3,6,10,12,16H,4-5,7-8H2,1H3,(H,17,18). The Bertz CT molecular complexity index is 464. The SMILES string of the molecule is COc1ccc(F)cc1CCNCC1CC1C(=O)O. The third-order valence-corrected chi connectivity index (χ3v) is 3.46. The van der Waals surface area contributed by atoms with E-state index in [1.165, 1.54) is 12.1 Å². The molecular formula is C14H18FNO3. The fourth-order valence-corrected chi connectivity index (χ4v) is 2.23. The molecule has 0 bridgehead atoms. The molecule has 0 radical (unpaired) electrons. The Morgan fingerprint density at radius 2 is 2.37 bits per heavy atom. The molecule has 0 amide bonds. The van der Waals surface area contributed by atoms with Gasteiger partial charge in [-0.2, -0.15) is 0 Å². The van der Waals surface area contributed by atoms with E-state index < -0.39 is 5.97 Å². The Morgan fingerprint density at radius 3 is 3.00 bits per heavy atom. The molecule has 0 aromatic heterocycles. The first-order valence-electron chi connectivity index (χ1n) is 6.37. The number of rotatable bonds is 7. The van der Waals surface area contributed by atoms with Crippen molar-refractivity contribution in [2.75, 3.05) is 20.2 Å². The van der Waals surface area contributed by atoms with Crippen molar-refractivity contribution in [2.24, 2.45) is 11.8 Å². The zero-order valence-corrected chi connectivity index (χ0v) is 10.9. The Morgan fingerprint density at radius 1 is 1.58 bits per heavy atom. The van der Waals surface area contributed by atoms with Crippen LogP contribution in [-0.4, -0.2) is 31.3 Å². The minimum Gasteiger partial charge on any atom is -0.496 e. The predicted octanol–water partition coefficient (Wildman–Crippen LogP) is 1.69. The van der Waals surface area contributed by atoms with Crippen LogP contribution in [0.15, 0.2) is 18.2 Å². The molecule has 4 nitrogen and oxygen atoms in total. The van der Waals surface area contributed by atoms with Crippen LogP contribution in [0.25, 0.3) is 0 Å². The summed E-state index contributed by atoms with van der Waals surface area (Å²) in [5, 5.41) is 12.0. The Balaban J connectivity index is 1.74. The van der Waals surface area contributed by atoms with Gasteiger partial charge in [-0.25, -0.2) is 4.39 Å². The lowest BCUT2D eigenvalue weighted by Crippen LogP contribution is -2.21. The van der Waals surface area contributed by atoms with Crippen LogP contribution >= 0.6 is 0 Å². The Labute approximate surface area is 111 Å². The summed E-state index contributed by atoms with van der Waals surface area (Å²) < 4.78 is 18.3. The summed E-state index contributed by atoms with van der Waals surface area (Å²) in [6, 6.07) is 4.46. The maximum Gasteiger partial charge on any atom is 0.306 e.